The van der Waals surface area contributed by atoms with Crippen LogP contribution in [0, 0.1) is 13.8 Å². The van der Waals surface area contributed by atoms with E-state index in [2.05, 4.69) is 143 Å². The fraction of sp³-hybridized carbons (Fsp3) is 0.349. The van der Waals surface area contributed by atoms with Crippen molar-refractivity contribution < 1.29 is 9.41 Å². The van der Waals surface area contributed by atoms with E-state index in [1.54, 1.807) is 0 Å². The molecule has 0 aromatic heterocycles. The zero-order chi connectivity index (χ0) is 33.5. The molecule has 6 rings (SSSR count). The van der Waals surface area contributed by atoms with E-state index in [0.717, 1.165) is 43.0 Å². The highest BCUT2D eigenvalue weighted by Gasteiger charge is 2.44. The number of hydrogen-bond donors (Lipinski definition) is 0. The molecule has 0 unspecified atom stereocenters. The van der Waals surface area contributed by atoms with Crippen molar-refractivity contribution in [2.45, 2.75) is 86.0 Å². The van der Waals surface area contributed by atoms with Gasteiger partial charge in [-0.05, 0) is 108 Å². The summed E-state index contributed by atoms with van der Waals surface area (Å²) in [5.41, 5.74) is 14.7. The first-order chi connectivity index (χ1) is 22.5. The molecular weight excluding hydrogens is 574 g/mol. The fourth-order valence-electron chi connectivity index (χ4n) is 7.60. The smallest absolute Gasteiger partial charge is 0.209 e. The highest BCUT2D eigenvalue weighted by molar-refractivity contribution is 6.03. The molecule has 242 valence electrons. The molecule has 2 heterocycles. The first-order valence-electron chi connectivity index (χ1n) is 17.2. The van der Waals surface area contributed by atoms with Crippen LogP contribution in [-0.4, -0.2) is 29.1 Å². The summed E-state index contributed by atoms with van der Waals surface area (Å²) in [6.45, 7) is 22.1. The second-order valence-electron chi connectivity index (χ2n) is 14.2. The number of hydrogen-bond acceptors (Lipinski definition) is 3. The standard InChI is InChI=1S/C43H50N3O/c1-10-45-37-23-17-29(3)27-35(37)42(6,7)39(45)25-21-33-19-20-34(41(33)47-44-31(5)32-15-13-12-14-16-32)22-26-40-43(8,9)36-28-30(4)18-24-38(36)46(40)11-2/h12-18,21-28H,10-11,19-20H2,1-9H3/q+1/b44-31-. The third-order valence-corrected chi connectivity index (χ3v) is 10.3. The van der Waals surface area contributed by atoms with Gasteiger partial charge in [0, 0.05) is 41.1 Å². The monoisotopic (exact) mass is 624 g/mol. The zero-order valence-corrected chi connectivity index (χ0v) is 29.7. The van der Waals surface area contributed by atoms with Gasteiger partial charge in [0.15, 0.2) is 11.5 Å². The summed E-state index contributed by atoms with van der Waals surface area (Å²) >= 11 is 0. The Morgan fingerprint density at radius 2 is 1.55 bits per heavy atom. The molecule has 4 nitrogen and oxygen atoms in total. The molecule has 4 heteroatoms. The van der Waals surface area contributed by atoms with Crippen molar-refractivity contribution in [3.63, 3.8) is 0 Å². The van der Waals surface area contributed by atoms with Gasteiger partial charge in [-0.25, -0.2) is 0 Å². The summed E-state index contributed by atoms with van der Waals surface area (Å²) in [6, 6.07) is 23.9. The van der Waals surface area contributed by atoms with E-state index in [0.29, 0.717) is 0 Å². The summed E-state index contributed by atoms with van der Waals surface area (Å²) < 4.78 is 2.46. The van der Waals surface area contributed by atoms with Crippen LogP contribution in [0.2, 0.25) is 0 Å². The number of anilines is 1. The molecule has 0 atom stereocenters. The van der Waals surface area contributed by atoms with Gasteiger partial charge < -0.3 is 9.74 Å². The first-order valence-corrected chi connectivity index (χ1v) is 17.2. The summed E-state index contributed by atoms with van der Waals surface area (Å²) in [4.78, 5) is 8.88. The number of aryl methyl sites for hydroxylation is 2. The van der Waals surface area contributed by atoms with E-state index < -0.39 is 0 Å². The number of fused-ring (bicyclic) bond motifs is 2. The van der Waals surface area contributed by atoms with Crippen molar-refractivity contribution in [3.05, 3.63) is 141 Å². The molecule has 0 N–H and O–H groups in total. The minimum absolute atomic E-state index is 0.0930. The van der Waals surface area contributed by atoms with Crippen LogP contribution < -0.4 is 4.90 Å². The first kappa shape index (κ1) is 32.5. The lowest BCUT2D eigenvalue weighted by Crippen LogP contribution is -2.27. The Labute approximate surface area is 282 Å². The molecule has 3 aliphatic rings. The van der Waals surface area contributed by atoms with Gasteiger partial charge in [0.1, 0.15) is 6.54 Å². The molecule has 3 aromatic rings. The fourth-order valence-corrected chi connectivity index (χ4v) is 7.60. The molecule has 0 amide bonds. The van der Waals surface area contributed by atoms with E-state index in [9.17, 15) is 0 Å². The SMILES string of the molecule is CCN1/C(=C/C=C2\CCC(/C=C/C3=[N+](CC)c4ccc(C)cc4C3(C)C)=C2O/N=C(/C)c2ccccc2)C(C)(C)c2cc(C)ccc21. The van der Waals surface area contributed by atoms with Crippen LogP contribution in [0.5, 0.6) is 0 Å². The van der Waals surface area contributed by atoms with E-state index in [1.165, 1.54) is 56.2 Å². The van der Waals surface area contributed by atoms with Crippen molar-refractivity contribution in [1.29, 1.82) is 0 Å². The van der Waals surface area contributed by atoms with Crippen LogP contribution in [0.3, 0.4) is 0 Å². The number of nitrogens with zero attached hydrogens (tertiary/aromatic N) is 3. The lowest BCUT2D eigenvalue weighted by molar-refractivity contribution is -0.433. The zero-order valence-electron chi connectivity index (χ0n) is 29.7. The Kier molecular flexibility index (Phi) is 8.74. The van der Waals surface area contributed by atoms with Crippen molar-refractivity contribution in [1.82, 2.24) is 0 Å². The topological polar surface area (TPSA) is 27.8 Å². The second kappa shape index (κ2) is 12.6. The average molecular weight is 625 g/mol. The molecule has 0 radical (unpaired) electrons. The van der Waals surface area contributed by atoms with Gasteiger partial charge in [0.05, 0.1) is 11.1 Å². The van der Waals surface area contributed by atoms with Crippen LogP contribution in [0.4, 0.5) is 11.4 Å². The molecule has 0 saturated heterocycles. The lowest BCUT2D eigenvalue weighted by Gasteiger charge is -2.26. The Bertz CT molecular complexity index is 1900. The largest absolute Gasteiger partial charge is 0.356 e. The van der Waals surface area contributed by atoms with Gasteiger partial charge in [0.2, 0.25) is 5.69 Å². The Morgan fingerprint density at radius 1 is 0.851 bits per heavy atom. The quantitative estimate of drug-likeness (QED) is 0.142. The highest BCUT2D eigenvalue weighted by Crippen LogP contribution is 2.48. The van der Waals surface area contributed by atoms with Crippen molar-refractivity contribution >= 4 is 22.8 Å². The third-order valence-electron chi connectivity index (χ3n) is 10.3. The summed E-state index contributed by atoms with van der Waals surface area (Å²) in [7, 11) is 0. The molecule has 0 spiro atoms. The molecule has 0 fully saturated rings. The van der Waals surface area contributed by atoms with Gasteiger partial charge in [-0.15, -0.1) is 0 Å². The highest BCUT2D eigenvalue weighted by atomic mass is 16.6. The van der Waals surface area contributed by atoms with Crippen molar-refractivity contribution in [2.75, 3.05) is 18.0 Å². The molecular formula is C43H50N3O+. The van der Waals surface area contributed by atoms with Gasteiger partial charge in [-0.2, -0.15) is 4.58 Å². The molecule has 47 heavy (non-hydrogen) atoms. The van der Waals surface area contributed by atoms with Gasteiger partial charge in [0.25, 0.3) is 0 Å². The number of oxime groups is 1. The van der Waals surface area contributed by atoms with Crippen LogP contribution in [0.25, 0.3) is 0 Å². The number of rotatable bonds is 8. The van der Waals surface area contributed by atoms with Crippen LogP contribution in [0.1, 0.15) is 89.1 Å². The van der Waals surface area contributed by atoms with Gasteiger partial charge in [-0.1, -0.05) is 84.7 Å². The number of likely N-dealkylation sites (N-methyl/N-ethyl adjacent to an activating group) is 1. The van der Waals surface area contributed by atoms with E-state index in [4.69, 9.17) is 4.84 Å². The third kappa shape index (κ3) is 5.84. The summed E-state index contributed by atoms with van der Waals surface area (Å²) in [5, 5.41) is 4.68. The lowest BCUT2D eigenvalue weighted by atomic mass is 9.80. The molecule has 0 saturated carbocycles. The normalized spacial score (nSPS) is 20.3. The number of benzene rings is 3. The summed E-state index contributed by atoms with van der Waals surface area (Å²) in [5.74, 6) is 0.869. The Morgan fingerprint density at radius 3 is 2.26 bits per heavy atom. The van der Waals surface area contributed by atoms with Crippen LogP contribution >= 0.6 is 0 Å². The minimum atomic E-state index is -0.0930. The van der Waals surface area contributed by atoms with E-state index in [1.807, 2.05) is 25.1 Å². The second-order valence-corrected chi connectivity index (χ2v) is 14.2. The van der Waals surface area contributed by atoms with Gasteiger partial charge in [-0.3, -0.25) is 0 Å². The molecule has 1 aliphatic carbocycles. The molecule has 2 aliphatic heterocycles. The Balaban J connectivity index is 1.41. The summed E-state index contributed by atoms with van der Waals surface area (Å²) in [6.07, 6.45) is 11.0. The minimum Gasteiger partial charge on any atom is -0.356 e. The van der Waals surface area contributed by atoms with Crippen molar-refractivity contribution in [2.24, 2.45) is 5.16 Å². The average Bonchev–Trinajstić information content (AvgIpc) is 3.62. The van der Waals surface area contributed by atoms with Crippen molar-refractivity contribution in [3.8, 4) is 0 Å². The maximum absolute atomic E-state index is 6.42. The molecule has 0 bridgehead atoms. The maximum atomic E-state index is 6.42. The predicted molar refractivity (Wildman–Crippen MR) is 198 cm³/mol. The number of allylic oxidation sites excluding steroid dienone is 7. The van der Waals surface area contributed by atoms with Crippen LogP contribution in [-0.2, 0) is 15.7 Å². The predicted octanol–water partition coefficient (Wildman–Crippen LogP) is 10.4. The van der Waals surface area contributed by atoms with Gasteiger partial charge >= 0.3 is 0 Å². The maximum Gasteiger partial charge on any atom is 0.209 e. The van der Waals surface area contributed by atoms with Crippen LogP contribution in [0.15, 0.2) is 119 Å². The van der Waals surface area contributed by atoms with E-state index >= 15 is 0 Å². The van der Waals surface area contributed by atoms with E-state index in [-0.39, 0.29) is 10.8 Å². The Hall–Kier alpha value is -4.44. The molecule has 3 aromatic carbocycles.